The van der Waals surface area contributed by atoms with Crippen LogP contribution in [-0.4, -0.2) is 30.9 Å². The number of hydrogen-bond donors (Lipinski definition) is 1. The summed E-state index contributed by atoms with van der Waals surface area (Å²) in [6.45, 7) is 2.78. The number of hydrogen-bond acceptors (Lipinski definition) is 3. The first-order valence-electron chi connectivity index (χ1n) is 6.24. The van der Waals surface area contributed by atoms with Crippen LogP contribution in [0.2, 0.25) is 0 Å². The number of nitrogens with two attached hydrogens (primary N) is 1. The van der Waals surface area contributed by atoms with Crippen LogP contribution in [0.15, 0.2) is 24.3 Å². The molecule has 2 rings (SSSR count). The molecule has 2 N–H and O–H groups in total. The Bertz CT molecular complexity index is 423. The van der Waals surface area contributed by atoms with Crippen molar-refractivity contribution >= 4 is 0 Å². The van der Waals surface area contributed by atoms with E-state index >= 15 is 0 Å². The van der Waals surface area contributed by atoms with Gasteiger partial charge in [0.25, 0.3) is 0 Å². The van der Waals surface area contributed by atoms with Gasteiger partial charge >= 0.3 is 6.36 Å². The Morgan fingerprint density at radius 2 is 2.05 bits per heavy atom. The standard InChI is InChI=1S/C13H17F3N2O/c14-13(15,16)19-12-4-2-1-3-11(12)9-18-6-5-10(7-17)8-18/h1-4,10H,5-9,17H2/t10-/m0/s1. The van der Waals surface area contributed by atoms with E-state index in [1.807, 2.05) is 0 Å². The molecular weight excluding hydrogens is 257 g/mol. The normalized spacial score (nSPS) is 20.7. The molecule has 1 fully saturated rings. The molecule has 0 amide bonds. The molecule has 19 heavy (non-hydrogen) atoms. The molecule has 1 heterocycles. The Labute approximate surface area is 110 Å². The van der Waals surface area contributed by atoms with E-state index in [0.717, 1.165) is 19.5 Å². The first-order chi connectivity index (χ1) is 8.98. The molecule has 1 aliphatic heterocycles. The quantitative estimate of drug-likeness (QED) is 0.916. The zero-order valence-electron chi connectivity index (χ0n) is 10.5. The van der Waals surface area contributed by atoms with Crippen LogP contribution >= 0.6 is 0 Å². The minimum atomic E-state index is -4.65. The Morgan fingerprint density at radius 1 is 1.32 bits per heavy atom. The van der Waals surface area contributed by atoms with Crippen LogP contribution < -0.4 is 10.5 Å². The van der Waals surface area contributed by atoms with Crippen LogP contribution in [0.3, 0.4) is 0 Å². The van der Waals surface area contributed by atoms with Crippen LogP contribution in [0.4, 0.5) is 13.2 Å². The number of likely N-dealkylation sites (tertiary alicyclic amines) is 1. The van der Waals surface area contributed by atoms with Gasteiger partial charge in [0.1, 0.15) is 5.75 Å². The van der Waals surface area contributed by atoms with Gasteiger partial charge in [0.05, 0.1) is 0 Å². The number of rotatable bonds is 4. The van der Waals surface area contributed by atoms with E-state index in [2.05, 4.69) is 9.64 Å². The number of nitrogens with zero attached hydrogens (tertiary/aromatic N) is 1. The number of para-hydroxylation sites is 1. The highest BCUT2D eigenvalue weighted by molar-refractivity contribution is 5.33. The first-order valence-corrected chi connectivity index (χ1v) is 6.24. The minimum absolute atomic E-state index is 0.119. The summed E-state index contributed by atoms with van der Waals surface area (Å²) in [6, 6.07) is 6.27. The van der Waals surface area contributed by atoms with Gasteiger partial charge in [0.15, 0.2) is 0 Å². The highest BCUT2D eigenvalue weighted by atomic mass is 19.4. The molecule has 6 heteroatoms. The van der Waals surface area contributed by atoms with Crippen molar-refractivity contribution in [2.75, 3.05) is 19.6 Å². The molecule has 0 aliphatic carbocycles. The predicted molar refractivity (Wildman–Crippen MR) is 65.6 cm³/mol. The molecule has 0 bridgehead atoms. The van der Waals surface area contributed by atoms with Gasteiger partial charge in [-0.2, -0.15) is 0 Å². The number of halogens is 3. The van der Waals surface area contributed by atoms with Gasteiger partial charge in [-0.25, -0.2) is 0 Å². The summed E-state index contributed by atoms with van der Waals surface area (Å²) in [5.74, 6) is 0.321. The molecule has 1 aliphatic rings. The molecule has 0 saturated carbocycles. The van der Waals surface area contributed by atoms with Crippen LogP contribution in [0.1, 0.15) is 12.0 Å². The van der Waals surface area contributed by atoms with Gasteiger partial charge in [-0.05, 0) is 31.5 Å². The van der Waals surface area contributed by atoms with Crippen molar-refractivity contribution in [2.24, 2.45) is 11.7 Å². The second-order valence-corrected chi connectivity index (χ2v) is 4.78. The average Bonchev–Trinajstić information content (AvgIpc) is 2.78. The molecule has 0 spiro atoms. The highest BCUT2D eigenvalue weighted by Gasteiger charge is 2.32. The lowest BCUT2D eigenvalue weighted by atomic mass is 10.1. The smallest absolute Gasteiger partial charge is 0.405 e. The second-order valence-electron chi connectivity index (χ2n) is 4.78. The van der Waals surface area contributed by atoms with E-state index < -0.39 is 6.36 Å². The summed E-state index contributed by atoms with van der Waals surface area (Å²) in [7, 11) is 0. The van der Waals surface area contributed by atoms with Gasteiger partial charge in [0, 0.05) is 18.7 Å². The predicted octanol–water partition coefficient (Wildman–Crippen LogP) is 2.37. The van der Waals surface area contributed by atoms with E-state index in [1.165, 1.54) is 12.1 Å². The van der Waals surface area contributed by atoms with Gasteiger partial charge in [-0.15, -0.1) is 13.2 Å². The lowest BCUT2D eigenvalue weighted by Gasteiger charge is -2.19. The Morgan fingerprint density at radius 3 is 2.68 bits per heavy atom. The highest BCUT2D eigenvalue weighted by Crippen LogP contribution is 2.28. The fourth-order valence-electron chi connectivity index (χ4n) is 2.35. The lowest BCUT2D eigenvalue weighted by molar-refractivity contribution is -0.275. The minimum Gasteiger partial charge on any atom is -0.405 e. The van der Waals surface area contributed by atoms with Crippen molar-refractivity contribution in [3.05, 3.63) is 29.8 Å². The number of alkyl halides is 3. The molecule has 0 aromatic heterocycles. The van der Waals surface area contributed by atoms with Crippen LogP contribution in [0.25, 0.3) is 0 Å². The number of ether oxygens (including phenoxy) is 1. The second kappa shape index (κ2) is 5.79. The maximum absolute atomic E-state index is 12.3. The summed E-state index contributed by atoms with van der Waals surface area (Å²) in [5.41, 5.74) is 6.16. The summed E-state index contributed by atoms with van der Waals surface area (Å²) in [5, 5.41) is 0. The maximum atomic E-state index is 12.3. The molecule has 1 saturated heterocycles. The van der Waals surface area contributed by atoms with Crippen molar-refractivity contribution in [1.82, 2.24) is 4.90 Å². The molecule has 1 atom stereocenters. The first kappa shape index (κ1) is 14.1. The summed E-state index contributed by atoms with van der Waals surface area (Å²) in [6.07, 6.45) is -3.65. The van der Waals surface area contributed by atoms with Crippen molar-refractivity contribution in [3.63, 3.8) is 0 Å². The molecule has 0 unspecified atom stereocenters. The third kappa shape index (κ3) is 4.11. The van der Waals surface area contributed by atoms with Gasteiger partial charge < -0.3 is 10.5 Å². The topological polar surface area (TPSA) is 38.5 Å². The van der Waals surface area contributed by atoms with Crippen LogP contribution in [-0.2, 0) is 6.54 Å². The van der Waals surface area contributed by atoms with Gasteiger partial charge in [-0.3, -0.25) is 4.90 Å². The van der Waals surface area contributed by atoms with E-state index in [1.54, 1.807) is 12.1 Å². The van der Waals surface area contributed by atoms with Crippen molar-refractivity contribution in [1.29, 1.82) is 0 Å². The molecule has 3 nitrogen and oxygen atoms in total. The Hall–Kier alpha value is -1.27. The average molecular weight is 274 g/mol. The summed E-state index contributed by atoms with van der Waals surface area (Å²) < 4.78 is 40.9. The zero-order valence-corrected chi connectivity index (χ0v) is 10.5. The summed E-state index contributed by atoms with van der Waals surface area (Å²) in [4.78, 5) is 2.11. The van der Waals surface area contributed by atoms with Crippen molar-refractivity contribution in [3.8, 4) is 5.75 Å². The van der Waals surface area contributed by atoms with Crippen molar-refractivity contribution < 1.29 is 17.9 Å². The van der Waals surface area contributed by atoms with E-state index in [9.17, 15) is 13.2 Å². The van der Waals surface area contributed by atoms with Crippen molar-refractivity contribution in [2.45, 2.75) is 19.3 Å². The van der Waals surface area contributed by atoms with E-state index in [-0.39, 0.29) is 5.75 Å². The fraction of sp³-hybridized carbons (Fsp3) is 0.538. The molecule has 1 aromatic rings. The van der Waals surface area contributed by atoms with Gasteiger partial charge in [0.2, 0.25) is 0 Å². The third-order valence-corrected chi connectivity index (χ3v) is 3.30. The van der Waals surface area contributed by atoms with Crippen LogP contribution in [0.5, 0.6) is 5.75 Å². The lowest BCUT2D eigenvalue weighted by Crippen LogP contribution is -2.24. The van der Waals surface area contributed by atoms with E-state index in [0.29, 0.717) is 24.6 Å². The Balaban J connectivity index is 2.04. The number of benzene rings is 1. The molecule has 1 aromatic carbocycles. The fourth-order valence-corrected chi connectivity index (χ4v) is 2.35. The van der Waals surface area contributed by atoms with E-state index in [4.69, 9.17) is 5.73 Å². The monoisotopic (exact) mass is 274 g/mol. The maximum Gasteiger partial charge on any atom is 0.573 e. The largest absolute Gasteiger partial charge is 0.573 e. The Kier molecular flexibility index (Phi) is 4.31. The van der Waals surface area contributed by atoms with Crippen LogP contribution in [0, 0.1) is 5.92 Å². The SMILES string of the molecule is NC[C@@H]1CCN(Cc2ccccc2OC(F)(F)F)C1. The zero-order chi connectivity index (χ0) is 13.9. The molecular formula is C13H17F3N2O. The van der Waals surface area contributed by atoms with Gasteiger partial charge in [-0.1, -0.05) is 18.2 Å². The molecule has 0 radical (unpaired) electrons. The summed E-state index contributed by atoms with van der Waals surface area (Å²) >= 11 is 0. The molecule has 106 valence electrons. The third-order valence-electron chi connectivity index (χ3n) is 3.30.